The molecule has 1 aliphatic carbocycles. The third kappa shape index (κ3) is 4.44. The standard InChI is InChI=1S/C22H27NO6/c1-4-5-9-16(21(25)26)23-20(24)13(3)28-17-10-12(2)11-18-19(17)14-7-6-8-15(14)22(27)29-18/h10-11,13,16H,4-9H2,1-3H3,(H,23,24)(H,25,26)/p-1/t13-,16-/m0/s1. The van der Waals surface area contributed by atoms with Gasteiger partial charge in [0.05, 0.1) is 17.4 Å². The van der Waals surface area contributed by atoms with Crippen molar-refractivity contribution in [3.8, 4) is 5.75 Å². The zero-order valence-corrected chi connectivity index (χ0v) is 17.0. The number of carboxylic acids is 1. The molecule has 0 bridgehead atoms. The van der Waals surface area contributed by atoms with E-state index in [1.165, 1.54) is 0 Å². The molecule has 0 fully saturated rings. The number of benzene rings is 1. The van der Waals surface area contributed by atoms with E-state index >= 15 is 0 Å². The van der Waals surface area contributed by atoms with Crippen molar-refractivity contribution in [1.29, 1.82) is 0 Å². The van der Waals surface area contributed by atoms with Gasteiger partial charge in [0.2, 0.25) is 0 Å². The summed E-state index contributed by atoms with van der Waals surface area (Å²) in [6.45, 7) is 5.36. The fourth-order valence-corrected chi connectivity index (χ4v) is 3.79. The van der Waals surface area contributed by atoms with Gasteiger partial charge in [-0.1, -0.05) is 19.8 Å². The molecular formula is C22H26NO6-. The zero-order chi connectivity index (χ0) is 21.1. The molecule has 0 saturated heterocycles. The molecule has 156 valence electrons. The monoisotopic (exact) mass is 400 g/mol. The lowest BCUT2D eigenvalue weighted by Crippen LogP contribution is -2.51. The van der Waals surface area contributed by atoms with Crippen molar-refractivity contribution in [1.82, 2.24) is 5.32 Å². The highest BCUT2D eigenvalue weighted by atomic mass is 16.5. The fourth-order valence-electron chi connectivity index (χ4n) is 3.79. The van der Waals surface area contributed by atoms with Crippen LogP contribution in [0, 0.1) is 6.92 Å². The molecule has 1 aromatic carbocycles. The van der Waals surface area contributed by atoms with Crippen molar-refractivity contribution in [2.45, 2.75) is 71.4 Å². The Morgan fingerprint density at radius 3 is 2.69 bits per heavy atom. The zero-order valence-electron chi connectivity index (χ0n) is 17.0. The van der Waals surface area contributed by atoms with Crippen molar-refractivity contribution in [3.63, 3.8) is 0 Å². The Kier molecular flexibility index (Phi) is 6.25. The quantitative estimate of drug-likeness (QED) is 0.677. The number of ether oxygens (including phenoxy) is 1. The average molecular weight is 400 g/mol. The number of carbonyl (C=O) groups excluding carboxylic acids is 2. The molecule has 1 aromatic heterocycles. The molecule has 2 atom stereocenters. The second-order valence-corrected chi connectivity index (χ2v) is 7.62. The first-order valence-corrected chi connectivity index (χ1v) is 10.1. The number of unbranched alkanes of at least 4 members (excludes halogenated alkanes) is 1. The third-order valence-corrected chi connectivity index (χ3v) is 5.30. The number of rotatable bonds is 8. The van der Waals surface area contributed by atoms with E-state index < -0.39 is 24.0 Å². The lowest BCUT2D eigenvalue weighted by atomic mass is 10.0. The van der Waals surface area contributed by atoms with Crippen LogP contribution in [0.15, 0.2) is 21.3 Å². The Hall–Kier alpha value is -2.83. The van der Waals surface area contributed by atoms with Crippen LogP contribution in [0.1, 0.15) is 56.2 Å². The van der Waals surface area contributed by atoms with Gasteiger partial charge in [-0.25, -0.2) is 4.79 Å². The summed E-state index contributed by atoms with van der Waals surface area (Å²) >= 11 is 0. The van der Waals surface area contributed by atoms with Gasteiger partial charge < -0.3 is 24.4 Å². The normalized spacial score (nSPS) is 15.0. The van der Waals surface area contributed by atoms with E-state index in [4.69, 9.17) is 9.15 Å². The minimum absolute atomic E-state index is 0.309. The molecule has 3 rings (SSSR count). The van der Waals surface area contributed by atoms with Crippen LogP contribution in [0.4, 0.5) is 0 Å². The number of fused-ring (bicyclic) bond motifs is 3. The molecule has 1 aliphatic rings. The van der Waals surface area contributed by atoms with E-state index in [1.807, 2.05) is 13.8 Å². The molecule has 7 nitrogen and oxygen atoms in total. The molecule has 0 saturated carbocycles. The van der Waals surface area contributed by atoms with Gasteiger partial charge in [-0.15, -0.1) is 0 Å². The van der Waals surface area contributed by atoms with Gasteiger partial charge in [0.15, 0.2) is 6.10 Å². The van der Waals surface area contributed by atoms with E-state index in [0.29, 0.717) is 41.5 Å². The molecule has 7 heteroatoms. The fraction of sp³-hybridized carbons (Fsp3) is 0.500. The number of aryl methyl sites for hydroxylation is 2. The first-order valence-electron chi connectivity index (χ1n) is 10.1. The summed E-state index contributed by atoms with van der Waals surface area (Å²) in [5, 5.41) is 14.5. The lowest BCUT2D eigenvalue weighted by Gasteiger charge is -2.23. The molecular weight excluding hydrogens is 374 g/mol. The van der Waals surface area contributed by atoms with E-state index in [-0.39, 0.29) is 5.63 Å². The second kappa shape index (κ2) is 8.68. The summed E-state index contributed by atoms with van der Waals surface area (Å²) in [5.41, 5.74) is 2.53. The number of hydrogen-bond donors (Lipinski definition) is 1. The van der Waals surface area contributed by atoms with Crippen molar-refractivity contribution in [3.05, 3.63) is 39.2 Å². The summed E-state index contributed by atoms with van der Waals surface area (Å²) in [6, 6.07) is 2.53. The Labute approximate surface area is 169 Å². The van der Waals surface area contributed by atoms with E-state index in [1.54, 1.807) is 19.1 Å². The minimum Gasteiger partial charge on any atom is -0.548 e. The summed E-state index contributed by atoms with van der Waals surface area (Å²) in [5.74, 6) is -1.37. The largest absolute Gasteiger partial charge is 0.548 e. The number of hydrogen-bond acceptors (Lipinski definition) is 6. The molecule has 1 amide bonds. The Morgan fingerprint density at radius 1 is 1.28 bits per heavy atom. The van der Waals surface area contributed by atoms with E-state index in [9.17, 15) is 19.5 Å². The number of carboxylic acid groups (broad SMARTS) is 1. The van der Waals surface area contributed by atoms with Gasteiger partial charge >= 0.3 is 5.63 Å². The molecule has 0 spiro atoms. The number of aliphatic carboxylic acids is 1. The highest BCUT2D eigenvalue weighted by molar-refractivity contribution is 5.90. The molecule has 1 heterocycles. The molecule has 0 aliphatic heterocycles. The Balaban J connectivity index is 1.87. The number of amides is 1. The molecule has 0 radical (unpaired) electrons. The highest BCUT2D eigenvalue weighted by Gasteiger charge is 2.25. The van der Waals surface area contributed by atoms with Crippen LogP contribution in [-0.2, 0) is 22.4 Å². The number of carbonyl (C=O) groups is 2. The molecule has 0 unspecified atom stereocenters. The maximum Gasteiger partial charge on any atom is 0.339 e. The molecule has 29 heavy (non-hydrogen) atoms. The summed E-state index contributed by atoms with van der Waals surface area (Å²) in [7, 11) is 0. The Morgan fingerprint density at radius 2 is 2.00 bits per heavy atom. The van der Waals surface area contributed by atoms with Crippen molar-refractivity contribution < 1.29 is 23.8 Å². The van der Waals surface area contributed by atoms with E-state index in [2.05, 4.69) is 5.32 Å². The third-order valence-electron chi connectivity index (χ3n) is 5.30. The minimum atomic E-state index is -1.31. The summed E-state index contributed by atoms with van der Waals surface area (Å²) in [6.07, 6.45) is 3.16. The van der Waals surface area contributed by atoms with Gasteiger partial charge in [0.1, 0.15) is 11.3 Å². The van der Waals surface area contributed by atoms with Gasteiger partial charge in [-0.3, -0.25) is 4.79 Å². The van der Waals surface area contributed by atoms with Gasteiger partial charge in [-0.05, 0) is 62.8 Å². The molecule has 1 N–H and O–H groups in total. The van der Waals surface area contributed by atoms with E-state index in [0.717, 1.165) is 30.4 Å². The van der Waals surface area contributed by atoms with Crippen molar-refractivity contribution >= 4 is 22.8 Å². The summed E-state index contributed by atoms with van der Waals surface area (Å²) < 4.78 is 11.4. The van der Waals surface area contributed by atoms with Crippen LogP contribution in [0.2, 0.25) is 0 Å². The predicted molar refractivity (Wildman–Crippen MR) is 106 cm³/mol. The highest BCUT2D eigenvalue weighted by Crippen LogP contribution is 2.35. The lowest BCUT2D eigenvalue weighted by molar-refractivity contribution is -0.308. The van der Waals surface area contributed by atoms with Crippen LogP contribution >= 0.6 is 0 Å². The maximum atomic E-state index is 12.5. The van der Waals surface area contributed by atoms with Crippen LogP contribution < -0.4 is 20.8 Å². The Bertz CT molecular complexity index is 993. The SMILES string of the molecule is CCCC[C@H](NC(=O)[C@H](C)Oc1cc(C)cc2oc(=O)c3c(c12)CCC3)C(=O)[O-]. The first kappa shape index (κ1) is 20.9. The van der Waals surface area contributed by atoms with Crippen LogP contribution in [0.3, 0.4) is 0 Å². The van der Waals surface area contributed by atoms with Crippen LogP contribution in [-0.4, -0.2) is 24.0 Å². The van der Waals surface area contributed by atoms with Gasteiger partial charge in [0.25, 0.3) is 5.91 Å². The van der Waals surface area contributed by atoms with Crippen molar-refractivity contribution in [2.75, 3.05) is 0 Å². The molecule has 2 aromatic rings. The smallest absolute Gasteiger partial charge is 0.339 e. The maximum absolute atomic E-state index is 12.5. The topological polar surface area (TPSA) is 109 Å². The van der Waals surface area contributed by atoms with Gasteiger partial charge in [0, 0.05) is 5.56 Å². The van der Waals surface area contributed by atoms with Gasteiger partial charge in [-0.2, -0.15) is 0 Å². The second-order valence-electron chi connectivity index (χ2n) is 7.62. The predicted octanol–water partition coefficient (Wildman–Crippen LogP) is 1.78. The summed E-state index contributed by atoms with van der Waals surface area (Å²) in [4.78, 5) is 36.0. The van der Waals surface area contributed by atoms with Crippen molar-refractivity contribution in [2.24, 2.45) is 0 Å². The van der Waals surface area contributed by atoms with Crippen LogP contribution in [0.5, 0.6) is 5.75 Å². The number of nitrogens with one attached hydrogen (secondary N) is 1. The van der Waals surface area contributed by atoms with Crippen LogP contribution in [0.25, 0.3) is 11.0 Å². The first-order chi connectivity index (χ1) is 13.8. The average Bonchev–Trinajstić information content (AvgIpc) is 3.14.